The van der Waals surface area contributed by atoms with Crippen LogP contribution in [-0.2, 0) is 16.1 Å². The molecule has 0 aromatic carbocycles. The number of hydrogen-bond acceptors (Lipinski definition) is 5. The fourth-order valence-electron chi connectivity index (χ4n) is 3.48. The summed E-state index contributed by atoms with van der Waals surface area (Å²) < 4.78 is 7.22. The fraction of sp³-hybridized carbons (Fsp3) is 0.800. The monoisotopic (exact) mass is 294 g/mol. The van der Waals surface area contributed by atoms with Crippen LogP contribution >= 0.6 is 0 Å². The van der Waals surface area contributed by atoms with E-state index in [0.717, 1.165) is 43.9 Å². The molecule has 0 spiro atoms. The molecule has 6 nitrogen and oxygen atoms in total. The van der Waals surface area contributed by atoms with Crippen molar-refractivity contribution >= 4 is 5.97 Å². The van der Waals surface area contributed by atoms with Crippen molar-refractivity contribution in [3.63, 3.8) is 0 Å². The second-order valence-electron chi connectivity index (χ2n) is 5.75. The highest BCUT2D eigenvalue weighted by Gasteiger charge is 2.48. The number of nitrogens with one attached hydrogen (secondary N) is 1. The summed E-state index contributed by atoms with van der Waals surface area (Å²) in [5.74, 6) is 1.90. The third-order valence-corrected chi connectivity index (χ3v) is 4.56. The molecule has 0 radical (unpaired) electrons. The minimum absolute atomic E-state index is 0.110. The summed E-state index contributed by atoms with van der Waals surface area (Å²) in [5, 5.41) is 7.64. The van der Waals surface area contributed by atoms with E-state index in [1.807, 2.05) is 32.5 Å². The molecule has 1 aliphatic rings. The van der Waals surface area contributed by atoms with Crippen molar-refractivity contribution in [2.45, 2.75) is 58.5 Å². The standard InChI is InChI=1S/C15H26N4O2/c1-5-21-14(20)15(16-4)9-6-7-13(15)8-10-19-12(3)17-11(2)18-19/h13,16H,5-10H2,1-4H3. The van der Waals surface area contributed by atoms with E-state index in [1.165, 1.54) is 0 Å². The molecule has 1 heterocycles. The number of rotatable bonds is 6. The summed E-state index contributed by atoms with van der Waals surface area (Å²) in [6.07, 6.45) is 3.86. The highest BCUT2D eigenvalue weighted by molar-refractivity contribution is 5.81. The van der Waals surface area contributed by atoms with Gasteiger partial charge in [0.2, 0.25) is 0 Å². The Kier molecular flexibility index (Phi) is 4.98. The molecule has 0 bridgehead atoms. The number of hydrogen-bond donors (Lipinski definition) is 1. The van der Waals surface area contributed by atoms with Gasteiger partial charge in [-0.2, -0.15) is 5.10 Å². The Morgan fingerprint density at radius 3 is 2.86 bits per heavy atom. The van der Waals surface area contributed by atoms with Crippen LogP contribution in [0.5, 0.6) is 0 Å². The van der Waals surface area contributed by atoms with Gasteiger partial charge in [-0.3, -0.25) is 9.48 Å². The van der Waals surface area contributed by atoms with E-state index in [1.54, 1.807) is 0 Å². The molecule has 0 aliphatic heterocycles. The van der Waals surface area contributed by atoms with Crippen molar-refractivity contribution in [1.82, 2.24) is 20.1 Å². The maximum atomic E-state index is 12.4. The summed E-state index contributed by atoms with van der Waals surface area (Å²) in [4.78, 5) is 16.7. The predicted octanol–water partition coefficient (Wildman–Crippen LogP) is 1.61. The SMILES string of the molecule is CCOC(=O)C1(NC)CCCC1CCn1nc(C)nc1C. The van der Waals surface area contributed by atoms with Crippen molar-refractivity contribution in [2.75, 3.05) is 13.7 Å². The summed E-state index contributed by atoms with van der Waals surface area (Å²) in [5.41, 5.74) is -0.528. The van der Waals surface area contributed by atoms with E-state index in [0.29, 0.717) is 6.61 Å². The predicted molar refractivity (Wildman–Crippen MR) is 79.9 cm³/mol. The molecule has 118 valence electrons. The van der Waals surface area contributed by atoms with Gasteiger partial charge in [-0.1, -0.05) is 6.42 Å². The van der Waals surface area contributed by atoms with Gasteiger partial charge in [0.15, 0.2) is 0 Å². The second kappa shape index (κ2) is 6.56. The van der Waals surface area contributed by atoms with E-state index < -0.39 is 5.54 Å². The maximum Gasteiger partial charge on any atom is 0.326 e. The second-order valence-corrected chi connectivity index (χ2v) is 5.75. The average Bonchev–Trinajstić information content (AvgIpc) is 3.00. The molecule has 2 atom stereocenters. The summed E-state index contributed by atoms with van der Waals surface area (Å²) >= 11 is 0. The fourth-order valence-corrected chi connectivity index (χ4v) is 3.48. The molecule has 1 N–H and O–H groups in total. The minimum atomic E-state index is -0.528. The summed E-state index contributed by atoms with van der Waals surface area (Å²) in [6.45, 7) is 6.93. The third-order valence-electron chi connectivity index (χ3n) is 4.56. The Balaban J connectivity index is 2.07. The van der Waals surface area contributed by atoms with Crippen LogP contribution in [0, 0.1) is 19.8 Å². The van der Waals surface area contributed by atoms with Crippen LogP contribution < -0.4 is 5.32 Å². The minimum Gasteiger partial charge on any atom is -0.465 e. The lowest BCUT2D eigenvalue weighted by Gasteiger charge is -2.33. The Morgan fingerprint density at radius 1 is 1.52 bits per heavy atom. The number of aryl methyl sites for hydroxylation is 3. The molecular formula is C15H26N4O2. The molecule has 0 saturated heterocycles. The lowest BCUT2D eigenvalue weighted by atomic mass is 9.84. The number of likely N-dealkylation sites (N-methyl/N-ethyl adjacent to an activating group) is 1. The Bertz CT molecular complexity index is 500. The zero-order valence-electron chi connectivity index (χ0n) is 13.5. The van der Waals surface area contributed by atoms with E-state index in [-0.39, 0.29) is 11.9 Å². The first-order valence-corrected chi connectivity index (χ1v) is 7.77. The molecule has 2 unspecified atom stereocenters. The molecule has 2 rings (SSSR count). The molecule has 1 saturated carbocycles. The number of carbonyl (C=O) groups excluding carboxylic acids is 1. The Hall–Kier alpha value is -1.43. The van der Waals surface area contributed by atoms with Crippen LogP contribution in [0.2, 0.25) is 0 Å². The van der Waals surface area contributed by atoms with Crippen molar-refractivity contribution in [1.29, 1.82) is 0 Å². The Labute approximate surface area is 126 Å². The van der Waals surface area contributed by atoms with Crippen LogP contribution in [0.4, 0.5) is 0 Å². The van der Waals surface area contributed by atoms with Gasteiger partial charge in [0, 0.05) is 6.54 Å². The van der Waals surface area contributed by atoms with Crippen molar-refractivity contribution < 1.29 is 9.53 Å². The lowest BCUT2D eigenvalue weighted by Crippen LogP contribution is -2.54. The van der Waals surface area contributed by atoms with Crippen LogP contribution in [0.3, 0.4) is 0 Å². The van der Waals surface area contributed by atoms with E-state index >= 15 is 0 Å². The van der Waals surface area contributed by atoms with Gasteiger partial charge in [0.1, 0.15) is 17.2 Å². The zero-order valence-corrected chi connectivity index (χ0v) is 13.5. The molecule has 0 amide bonds. The largest absolute Gasteiger partial charge is 0.465 e. The van der Waals surface area contributed by atoms with Crippen molar-refractivity contribution in [3.05, 3.63) is 11.6 Å². The third kappa shape index (κ3) is 3.10. The van der Waals surface area contributed by atoms with Gasteiger partial charge >= 0.3 is 5.97 Å². The lowest BCUT2D eigenvalue weighted by molar-refractivity contribution is -0.153. The molecular weight excluding hydrogens is 268 g/mol. The van der Waals surface area contributed by atoms with E-state index in [4.69, 9.17) is 4.74 Å². The highest BCUT2D eigenvalue weighted by atomic mass is 16.5. The van der Waals surface area contributed by atoms with E-state index in [2.05, 4.69) is 15.4 Å². The first-order chi connectivity index (χ1) is 10.0. The van der Waals surface area contributed by atoms with Gasteiger partial charge in [-0.05, 0) is 53.0 Å². The molecule has 1 aromatic heterocycles. The molecule has 1 fully saturated rings. The number of nitrogens with zero attached hydrogens (tertiary/aromatic N) is 3. The zero-order chi connectivity index (χ0) is 15.5. The molecule has 1 aromatic rings. The molecule has 21 heavy (non-hydrogen) atoms. The first kappa shape index (κ1) is 15.9. The van der Waals surface area contributed by atoms with Crippen LogP contribution in [0.25, 0.3) is 0 Å². The number of carbonyl (C=O) groups is 1. The van der Waals surface area contributed by atoms with Gasteiger partial charge in [0.25, 0.3) is 0 Å². The summed E-state index contributed by atoms with van der Waals surface area (Å²) in [7, 11) is 1.86. The smallest absolute Gasteiger partial charge is 0.326 e. The normalized spacial score (nSPS) is 25.2. The first-order valence-electron chi connectivity index (χ1n) is 7.77. The van der Waals surface area contributed by atoms with Crippen molar-refractivity contribution in [2.24, 2.45) is 5.92 Å². The van der Waals surface area contributed by atoms with Gasteiger partial charge < -0.3 is 10.1 Å². The van der Waals surface area contributed by atoms with Gasteiger partial charge in [0.05, 0.1) is 6.61 Å². The van der Waals surface area contributed by atoms with Crippen LogP contribution in [0.15, 0.2) is 0 Å². The molecule has 1 aliphatic carbocycles. The van der Waals surface area contributed by atoms with Crippen LogP contribution in [0.1, 0.15) is 44.3 Å². The molecule has 6 heteroatoms. The van der Waals surface area contributed by atoms with Gasteiger partial charge in [-0.15, -0.1) is 0 Å². The number of ether oxygens (including phenoxy) is 1. The number of aromatic nitrogens is 3. The maximum absolute atomic E-state index is 12.4. The quantitative estimate of drug-likeness (QED) is 0.807. The highest BCUT2D eigenvalue weighted by Crippen LogP contribution is 2.39. The summed E-state index contributed by atoms with van der Waals surface area (Å²) in [6, 6.07) is 0. The van der Waals surface area contributed by atoms with Gasteiger partial charge in [-0.25, -0.2) is 4.98 Å². The average molecular weight is 294 g/mol. The topological polar surface area (TPSA) is 69.0 Å². The Morgan fingerprint density at radius 2 is 2.29 bits per heavy atom. The van der Waals surface area contributed by atoms with E-state index in [9.17, 15) is 4.79 Å². The van der Waals surface area contributed by atoms with Crippen molar-refractivity contribution in [3.8, 4) is 0 Å². The number of esters is 1. The van der Waals surface area contributed by atoms with Crippen LogP contribution in [-0.4, -0.2) is 39.9 Å².